The van der Waals surface area contributed by atoms with E-state index < -0.39 is 5.97 Å². The molecule has 0 radical (unpaired) electrons. The van der Waals surface area contributed by atoms with Gasteiger partial charge >= 0.3 is 5.97 Å². The van der Waals surface area contributed by atoms with Gasteiger partial charge in [-0.1, -0.05) is 18.2 Å². The number of fused-ring (bicyclic) bond motifs is 1. The maximum atomic E-state index is 10.2. The number of carbonyl (C=O) groups excluding carboxylic acids is 1. The molecule has 1 aromatic carbocycles. The lowest BCUT2D eigenvalue weighted by Crippen LogP contribution is -2.38. The first-order valence-electron chi connectivity index (χ1n) is 5.20. The molecule has 0 unspecified atom stereocenters. The molecule has 0 saturated heterocycles. The SMILES string of the molecule is COC1(OC)Cc2cccc(COC=O)c2O1. The van der Waals surface area contributed by atoms with E-state index in [0.717, 1.165) is 11.1 Å². The van der Waals surface area contributed by atoms with E-state index in [0.29, 0.717) is 18.6 Å². The summed E-state index contributed by atoms with van der Waals surface area (Å²) in [6.07, 6.45) is 0.504. The molecule has 0 aromatic heterocycles. The van der Waals surface area contributed by atoms with Crippen LogP contribution in [0.25, 0.3) is 0 Å². The van der Waals surface area contributed by atoms with E-state index in [-0.39, 0.29) is 6.61 Å². The van der Waals surface area contributed by atoms with Gasteiger partial charge < -0.3 is 18.9 Å². The molecule has 1 aromatic rings. The van der Waals surface area contributed by atoms with Crippen molar-refractivity contribution in [2.24, 2.45) is 0 Å². The Bertz CT molecular complexity index is 411. The van der Waals surface area contributed by atoms with Gasteiger partial charge in [0, 0.05) is 25.3 Å². The highest BCUT2D eigenvalue weighted by Crippen LogP contribution is 2.38. The Balaban J connectivity index is 2.27. The fraction of sp³-hybridized carbons (Fsp3) is 0.417. The minimum absolute atomic E-state index is 0.177. The molecule has 1 heterocycles. The molecule has 0 fully saturated rings. The highest BCUT2D eigenvalue weighted by atomic mass is 16.9. The Hall–Kier alpha value is -1.59. The van der Waals surface area contributed by atoms with E-state index in [1.165, 1.54) is 14.2 Å². The summed E-state index contributed by atoms with van der Waals surface area (Å²) in [6.45, 7) is 0.588. The Labute approximate surface area is 99.2 Å². The van der Waals surface area contributed by atoms with Crippen molar-refractivity contribution in [1.29, 1.82) is 0 Å². The summed E-state index contributed by atoms with van der Waals surface area (Å²) in [5.74, 6) is -0.405. The minimum atomic E-state index is -1.07. The molecular weight excluding hydrogens is 224 g/mol. The van der Waals surface area contributed by atoms with Gasteiger partial charge in [0.2, 0.25) is 0 Å². The van der Waals surface area contributed by atoms with Crippen molar-refractivity contribution in [2.75, 3.05) is 14.2 Å². The van der Waals surface area contributed by atoms with Gasteiger partial charge in [-0.2, -0.15) is 0 Å². The zero-order valence-corrected chi connectivity index (χ0v) is 9.76. The molecule has 0 N–H and O–H groups in total. The Morgan fingerprint density at radius 1 is 1.41 bits per heavy atom. The third-order valence-corrected chi connectivity index (χ3v) is 2.77. The first kappa shape index (κ1) is 11.9. The van der Waals surface area contributed by atoms with Crippen LogP contribution in [0.2, 0.25) is 0 Å². The number of hydrogen-bond acceptors (Lipinski definition) is 5. The van der Waals surface area contributed by atoms with Crippen LogP contribution >= 0.6 is 0 Å². The van der Waals surface area contributed by atoms with Gasteiger partial charge in [0.1, 0.15) is 12.4 Å². The van der Waals surface area contributed by atoms with Gasteiger partial charge in [-0.05, 0) is 0 Å². The molecule has 1 aliphatic rings. The van der Waals surface area contributed by atoms with Crippen LogP contribution in [0, 0.1) is 0 Å². The van der Waals surface area contributed by atoms with Crippen molar-refractivity contribution in [3.63, 3.8) is 0 Å². The Kier molecular flexibility index (Phi) is 3.31. The van der Waals surface area contributed by atoms with Crippen molar-refractivity contribution in [2.45, 2.75) is 19.0 Å². The fourth-order valence-electron chi connectivity index (χ4n) is 1.88. The summed E-state index contributed by atoms with van der Waals surface area (Å²) in [6, 6.07) is 5.65. The van der Waals surface area contributed by atoms with E-state index in [1.807, 2.05) is 18.2 Å². The van der Waals surface area contributed by atoms with Crippen molar-refractivity contribution in [1.82, 2.24) is 0 Å². The molecule has 0 bridgehead atoms. The predicted octanol–water partition coefficient (Wildman–Crippen LogP) is 1.24. The third-order valence-electron chi connectivity index (χ3n) is 2.77. The van der Waals surface area contributed by atoms with E-state index in [1.54, 1.807) is 0 Å². The van der Waals surface area contributed by atoms with E-state index >= 15 is 0 Å². The summed E-state index contributed by atoms with van der Waals surface area (Å²) < 4.78 is 20.9. The van der Waals surface area contributed by atoms with Crippen molar-refractivity contribution in [3.05, 3.63) is 29.3 Å². The summed E-state index contributed by atoms with van der Waals surface area (Å²) in [7, 11) is 3.05. The molecule has 17 heavy (non-hydrogen) atoms. The number of hydrogen-bond donors (Lipinski definition) is 0. The standard InChI is InChI=1S/C12H14O5/c1-14-12(15-2)6-9-4-3-5-10(7-16-8-13)11(9)17-12/h3-5,8H,6-7H2,1-2H3. The molecule has 0 aliphatic carbocycles. The van der Waals surface area contributed by atoms with Gasteiger partial charge in [0.25, 0.3) is 6.47 Å². The first-order valence-corrected chi connectivity index (χ1v) is 5.20. The molecule has 5 heteroatoms. The average Bonchev–Trinajstić information content (AvgIpc) is 2.76. The molecular formula is C12H14O5. The van der Waals surface area contributed by atoms with Crippen LogP contribution in [-0.4, -0.2) is 26.7 Å². The van der Waals surface area contributed by atoms with E-state index in [2.05, 4.69) is 0 Å². The minimum Gasteiger partial charge on any atom is -0.463 e. The zero-order chi connectivity index (χ0) is 12.3. The second kappa shape index (κ2) is 4.73. The topological polar surface area (TPSA) is 54.0 Å². The van der Waals surface area contributed by atoms with Gasteiger partial charge in [-0.3, -0.25) is 4.79 Å². The summed E-state index contributed by atoms with van der Waals surface area (Å²) in [5.41, 5.74) is 1.77. The van der Waals surface area contributed by atoms with E-state index in [9.17, 15) is 4.79 Å². The smallest absolute Gasteiger partial charge is 0.330 e. The van der Waals surface area contributed by atoms with Crippen molar-refractivity contribution < 1.29 is 23.7 Å². The largest absolute Gasteiger partial charge is 0.463 e. The van der Waals surface area contributed by atoms with Crippen LogP contribution in [0.1, 0.15) is 11.1 Å². The summed E-state index contributed by atoms with van der Waals surface area (Å²) in [4.78, 5) is 10.2. The molecule has 5 nitrogen and oxygen atoms in total. The number of carbonyl (C=O) groups is 1. The quantitative estimate of drug-likeness (QED) is 0.570. The number of rotatable bonds is 5. The van der Waals surface area contributed by atoms with Gasteiger partial charge in [-0.15, -0.1) is 0 Å². The van der Waals surface area contributed by atoms with Crippen LogP contribution in [0.3, 0.4) is 0 Å². The summed E-state index contributed by atoms with van der Waals surface area (Å²) in [5, 5.41) is 0. The highest BCUT2D eigenvalue weighted by Gasteiger charge is 2.41. The monoisotopic (exact) mass is 238 g/mol. The second-order valence-electron chi connectivity index (χ2n) is 3.68. The van der Waals surface area contributed by atoms with Crippen LogP contribution < -0.4 is 4.74 Å². The predicted molar refractivity (Wildman–Crippen MR) is 58.4 cm³/mol. The second-order valence-corrected chi connectivity index (χ2v) is 3.68. The lowest BCUT2D eigenvalue weighted by Gasteiger charge is -2.24. The zero-order valence-electron chi connectivity index (χ0n) is 9.76. The molecule has 1 aliphatic heterocycles. The number of methoxy groups -OCH3 is 2. The number of ether oxygens (including phenoxy) is 4. The van der Waals surface area contributed by atoms with Crippen LogP contribution in [-0.2, 0) is 32.0 Å². The maximum absolute atomic E-state index is 10.2. The molecule has 0 atom stereocenters. The Morgan fingerprint density at radius 2 is 2.18 bits per heavy atom. The van der Waals surface area contributed by atoms with Crippen LogP contribution in [0.15, 0.2) is 18.2 Å². The Morgan fingerprint density at radius 3 is 2.82 bits per heavy atom. The van der Waals surface area contributed by atoms with Gasteiger partial charge in [0.15, 0.2) is 0 Å². The molecule has 0 saturated carbocycles. The van der Waals surface area contributed by atoms with Crippen LogP contribution in [0.5, 0.6) is 5.75 Å². The fourth-order valence-corrected chi connectivity index (χ4v) is 1.88. The van der Waals surface area contributed by atoms with Crippen molar-refractivity contribution in [3.8, 4) is 5.75 Å². The van der Waals surface area contributed by atoms with Gasteiger partial charge in [-0.25, -0.2) is 0 Å². The highest BCUT2D eigenvalue weighted by molar-refractivity contribution is 5.46. The third kappa shape index (κ3) is 2.11. The molecule has 0 amide bonds. The number of para-hydroxylation sites is 1. The van der Waals surface area contributed by atoms with Crippen molar-refractivity contribution >= 4 is 6.47 Å². The first-order chi connectivity index (χ1) is 8.24. The van der Waals surface area contributed by atoms with Gasteiger partial charge in [0.05, 0.1) is 6.42 Å². The van der Waals surface area contributed by atoms with E-state index in [4.69, 9.17) is 18.9 Å². The lowest BCUT2D eigenvalue weighted by atomic mass is 10.1. The lowest BCUT2D eigenvalue weighted by molar-refractivity contribution is -0.310. The maximum Gasteiger partial charge on any atom is 0.330 e. The normalized spacial score (nSPS) is 16.1. The average molecular weight is 238 g/mol. The van der Waals surface area contributed by atoms with Crippen LogP contribution in [0.4, 0.5) is 0 Å². The molecule has 0 spiro atoms. The molecule has 92 valence electrons. The number of benzene rings is 1. The summed E-state index contributed by atoms with van der Waals surface area (Å²) >= 11 is 0. The molecule has 2 rings (SSSR count).